The number of carboxylic acids is 1. The lowest BCUT2D eigenvalue weighted by molar-refractivity contribution is -0.140. The van der Waals surface area contributed by atoms with Gasteiger partial charge in [-0.15, -0.1) is 0 Å². The fraction of sp³-hybridized carbons (Fsp3) is 0.857. The summed E-state index contributed by atoms with van der Waals surface area (Å²) in [6, 6.07) is -0.398. The molecule has 0 rings (SSSR count). The largest absolute Gasteiger partial charge is 0.480 e. The van der Waals surface area contributed by atoms with E-state index in [0.717, 1.165) is 0 Å². The van der Waals surface area contributed by atoms with Crippen LogP contribution < -0.4 is 5.32 Å². The Bertz CT molecular complexity index is 112. The molecule has 2 N–H and O–H groups in total. The number of nitrogens with one attached hydrogen (secondary N) is 1. The van der Waals surface area contributed by atoms with Crippen LogP contribution in [-0.2, 0) is 4.79 Å². The summed E-state index contributed by atoms with van der Waals surface area (Å²) in [5.41, 5.74) is 0. The van der Waals surface area contributed by atoms with Crippen molar-refractivity contribution in [2.75, 3.05) is 6.54 Å². The molecule has 1 unspecified atom stereocenters. The summed E-state index contributed by atoms with van der Waals surface area (Å²) < 4.78 is 0. The van der Waals surface area contributed by atoms with Gasteiger partial charge in [-0.1, -0.05) is 20.8 Å². The molecule has 0 aliphatic rings. The predicted molar refractivity (Wildman–Crippen MR) is 39.9 cm³/mol. The third-order valence-electron chi connectivity index (χ3n) is 1.36. The van der Waals surface area contributed by atoms with E-state index >= 15 is 0 Å². The van der Waals surface area contributed by atoms with Crippen LogP contribution in [0.4, 0.5) is 0 Å². The molecule has 0 saturated heterocycles. The Labute approximate surface area is 61.4 Å². The van der Waals surface area contributed by atoms with Gasteiger partial charge in [0, 0.05) is 0 Å². The molecule has 10 heavy (non-hydrogen) atoms. The van der Waals surface area contributed by atoms with Gasteiger partial charge < -0.3 is 10.4 Å². The van der Waals surface area contributed by atoms with E-state index in [1.807, 2.05) is 20.8 Å². The maximum atomic E-state index is 10.5. The van der Waals surface area contributed by atoms with Crippen molar-refractivity contribution >= 4 is 5.97 Å². The van der Waals surface area contributed by atoms with Crippen molar-refractivity contribution in [1.29, 1.82) is 0 Å². The van der Waals surface area contributed by atoms with E-state index in [4.69, 9.17) is 5.11 Å². The zero-order valence-corrected chi connectivity index (χ0v) is 6.72. The van der Waals surface area contributed by atoms with Gasteiger partial charge >= 0.3 is 5.97 Å². The Morgan fingerprint density at radius 3 is 2.20 bits per heavy atom. The highest BCUT2D eigenvalue weighted by atomic mass is 16.4. The van der Waals surface area contributed by atoms with Crippen molar-refractivity contribution in [3.63, 3.8) is 0 Å². The molecule has 1 atom stereocenters. The number of carbonyl (C=O) groups is 1. The highest BCUT2D eigenvalue weighted by molar-refractivity contribution is 5.73. The first-order chi connectivity index (χ1) is 4.59. The monoisotopic (exact) mass is 145 g/mol. The van der Waals surface area contributed by atoms with Crippen LogP contribution in [0.1, 0.15) is 20.8 Å². The summed E-state index contributed by atoms with van der Waals surface area (Å²) in [4.78, 5) is 10.5. The van der Waals surface area contributed by atoms with Gasteiger partial charge in [0.1, 0.15) is 6.04 Å². The van der Waals surface area contributed by atoms with Crippen molar-refractivity contribution < 1.29 is 9.90 Å². The van der Waals surface area contributed by atoms with E-state index < -0.39 is 12.0 Å². The quantitative estimate of drug-likeness (QED) is 0.612. The lowest BCUT2D eigenvalue weighted by atomic mass is 10.1. The second kappa shape index (κ2) is 4.28. The Kier molecular flexibility index (Phi) is 4.03. The first kappa shape index (κ1) is 9.43. The van der Waals surface area contributed by atoms with Gasteiger partial charge in [0.2, 0.25) is 0 Å². The van der Waals surface area contributed by atoms with Crippen LogP contribution in [0.2, 0.25) is 0 Å². The molecular formula is C7H15NO2. The van der Waals surface area contributed by atoms with E-state index in [1.54, 1.807) is 0 Å². The fourth-order valence-corrected chi connectivity index (χ4v) is 0.828. The van der Waals surface area contributed by atoms with E-state index in [-0.39, 0.29) is 5.92 Å². The molecule has 3 heteroatoms. The lowest BCUT2D eigenvalue weighted by Crippen LogP contribution is -2.40. The number of likely N-dealkylation sites (N-methyl/N-ethyl adjacent to an activating group) is 1. The average molecular weight is 145 g/mol. The van der Waals surface area contributed by atoms with Crippen LogP contribution in [0, 0.1) is 5.92 Å². The minimum absolute atomic E-state index is 0.150. The number of rotatable bonds is 4. The van der Waals surface area contributed by atoms with Crippen LogP contribution in [0.25, 0.3) is 0 Å². The van der Waals surface area contributed by atoms with Crippen molar-refractivity contribution in [3.8, 4) is 0 Å². The van der Waals surface area contributed by atoms with Crippen LogP contribution in [-0.4, -0.2) is 23.7 Å². The van der Waals surface area contributed by atoms with E-state index in [9.17, 15) is 4.79 Å². The minimum atomic E-state index is -0.767. The van der Waals surface area contributed by atoms with E-state index in [2.05, 4.69) is 5.32 Å². The Morgan fingerprint density at radius 1 is 1.60 bits per heavy atom. The highest BCUT2D eigenvalue weighted by Crippen LogP contribution is 2.00. The van der Waals surface area contributed by atoms with Gasteiger partial charge in [-0.3, -0.25) is 4.79 Å². The third kappa shape index (κ3) is 2.82. The molecule has 60 valence electrons. The normalized spacial score (nSPS) is 13.6. The van der Waals surface area contributed by atoms with Gasteiger partial charge in [0.15, 0.2) is 0 Å². The summed E-state index contributed by atoms with van der Waals surface area (Å²) in [6.45, 7) is 6.39. The Balaban J connectivity index is 3.85. The van der Waals surface area contributed by atoms with Crippen molar-refractivity contribution in [1.82, 2.24) is 5.32 Å². The molecular weight excluding hydrogens is 130 g/mol. The first-order valence-electron chi connectivity index (χ1n) is 3.55. The molecule has 0 aromatic carbocycles. The second-order valence-corrected chi connectivity index (χ2v) is 2.62. The minimum Gasteiger partial charge on any atom is -0.480 e. The summed E-state index contributed by atoms with van der Waals surface area (Å²) >= 11 is 0. The first-order valence-corrected chi connectivity index (χ1v) is 3.55. The molecule has 0 saturated carbocycles. The molecule has 0 bridgehead atoms. The Morgan fingerprint density at radius 2 is 2.10 bits per heavy atom. The smallest absolute Gasteiger partial charge is 0.320 e. The molecule has 0 amide bonds. The molecule has 0 heterocycles. The topological polar surface area (TPSA) is 49.3 Å². The van der Waals surface area contributed by atoms with E-state index in [1.165, 1.54) is 0 Å². The second-order valence-electron chi connectivity index (χ2n) is 2.62. The predicted octanol–water partition coefficient (Wildman–Crippen LogP) is 0.705. The SMILES string of the molecule is CCNC(C(=O)O)C(C)C. The number of hydrogen-bond acceptors (Lipinski definition) is 2. The zero-order valence-electron chi connectivity index (χ0n) is 6.72. The molecule has 0 aromatic rings. The van der Waals surface area contributed by atoms with Gasteiger partial charge in [0.25, 0.3) is 0 Å². The van der Waals surface area contributed by atoms with Crippen molar-refractivity contribution in [2.45, 2.75) is 26.8 Å². The summed E-state index contributed by atoms with van der Waals surface area (Å²) in [7, 11) is 0. The number of hydrogen-bond donors (Lipinski definition) is 2. The maximum Gasteiger partial charge on any atom is 0.320 e. The standard InChI is InChI=1S/C7H15NO2/c1-4-8-6(5(2)3)7(9)10/h5-6,8H,4H2,1-3H3,(H,9,10). The molecule has 3 nitrogen and oxygen atoms in total. The average Bonchev–Trinajstić information content (AvgIpc) is 1.81. The van der Waals surface area contributed by atoms with Crippen LogP contribution in [0.15, 0.2) is 0 Å². The molecule has 0 aliphatic carbocycles. The van der Waals surface area contributed by atoms with Gasteiger partial charge in [-0.2, -0.15) is 0 Å². The molecule has 0 fully saturated rings. The van der Waals surface area contributed by atoms with Crippen molar-refractivity contribution in [2.24, 2.45) is 5.92 Å². The maximum absolute atomic E-state index is 10.5. The van der Waals surface area contributed by atoms with E-state index in [0.29, 0.717) is 6.54 Å². The summed E-state index contributed by atoms with van der Waals surface area (Å²) in [5.74, 6) is -0.616. The van der Waals surface area contributed by atoms with Gasteiger partial charge in [-0.25, -0.2) is 0 Å². The molecule has 0 radical (unpaired) electrons. The molecule has 0 spiro atoms. The van der Waals surface area contributed by atoms with Crippen LogP contribution >= 0.6 is 0 Å². The lowest BCUT2D eigenvalue weighted by Gasteiger charge is -2.15. The highest BCUT2D eigenvalue weighted by Gasteiger charge is 2.18. The van der Waals surface area contributed by atoms with Gasteiger partial charge in [-0.05, 0) is 12.5 Å². The van der Waals surface area contributed by atoms with Crippen molar-refractivity contribution in [3.05, 3.63) is 0 Å². The van der Waals surface area contributed by atoms with Crippen LogP contribution in [0.3, 0.4) is 0 Å². The molecule has 0 aliphatic heterocycles. The summed E-state index contributed by atoms with van der Waals surface area (Å²) in [5, 5.41) is 11.5. The van der Waals surface area contributed by atoms with Crippen LogP contribution in [0.5, 0.6) is 0 Å². The van der Waals surface area contributed by atoms with Gasteiger partial charge in [0.05, 0.1) is 0 Å². The number of aliphatic carboxylic acids is 1. The zero-order chi connectivity index (χ0) is 8.15. The fourth-order valence-electron chi connectivity index (χ4n) is 0.828. The Hall–Kier alpha value is -0.570. The molecule has 0 aromatic heterocycles. The number of carboxylic acid groups (broad SMARTS) is 1. The summed E-state index contributed by atoms with van der Waals surface area (Å²) in [6.07, 6.45) is 0. The third-order valence-corrected chi connectivity index (χ3v) is 1.36.